The largest absolute Gasteiger partial charge is 0.443 e. The number of ether oxygens (including phenoxy) is 2. The molecule has 10 nitrogen and oxygen atoms in total. The number of carbonyl (C=O) groups excluding carboxylic acids is 6. The van der Waals surface area contributed by atoms with Gasteiger partial charge >= 0.3 is 12.2 Å². The standard InChI is InChI=1S/2C16H18BrNO4.CH4/c2*1-16(2,3)22-15(21)18-13(19)9-8-12(14(18)20)10-4-6-11(17)7-5-10;/h2*4-7,12H,8-9H2,1-3H3;1H4/i12D;;. The van der Waals surface area contributed by atoms with Crippen LogP contribution in [0.2, 0.25) is 0 Å². The molecule has 244 valence electrons. The van der Waals surface area contributed by atoms with Crippen LogP contribution in [0.25, 0.3) is 0 Å². The fourth-order valence-corrected chi connectivity index (χ4v) is 4.92. The monoisotopic (exact) mass is 751 g/mol. The molecule has 0 saturated carbocycles. The van der Waals surface area contributed by atoms with Crippen LogP contribution in [0.1, 0.15) is 99.0 Å². The molecule has 0 radical (unpaired) electrons. The van der Waals surface area contributed by atoms with Gasteiger partial charge in [0.2, 0.25) is 23.6 Å². The summed E-state index contributed by atoms with van der Waals surface area (Å²) in [7, 11) is 0. The summed E-state index contributed by atoms with van der Waals surface area (Å²) in [5, 5.41) is 0. The predicted molar refractivity (Wildman–Crippen MR) is 175 cm³/mol. The number of amides is 6. The molecule has 2 aliphatic heterocycles. The predicted octanol–water partition coefficient (Wildman–Crippen LogP) is 7.87. The van der Waals surface area contributed by atoms with Crippen molar-refractivity contribution in [2.45, 2.75) is 97.7 Å². The van der Waals surface area contributed by atoms with Gasteiger partial charge in [0.1, 0.15) is 11.2 Å². The summed E-state index contributed by atoms with van der Waals surface area (Å²) in [4.78, 5) is 74.6. The Morgan fingerprint density at radius 2 is 1.07 bits per heavy atom. The molecule has 2 unspecified atom stereocenters. The van der Waals surface area contributed by atoms with Crippen molar-refractivity contribution in [1.29, 1.82) is 0 Å². The number of imide groups is 6. The molecule has 12 heteroatoms. The molecule has 2 atom stereocenters. The van der Waals surface area contributed by atoms with Crippen LogP contribution in [0.5, 0.6) is 0 Å². The maximum absolute atomic E-state index is 12.7. The van der Waals surface area contributed by atoms with Crippen molar-refractivity contribution in [3.8, 4) is 0 Å². The topological polar surface area (TPSA) is 127 Å². The highest BCUT2D eigenvalue weighted by molar-refractivity contribution is 9.10. The molecular weight excluding hydrogens is 712 g/mol. The van der Waals surface area contributed by atoms with E-state index in [-0.39, 0.29) is 26.7 Å². The average molecular weight is 754 g/mol. The van der Waals surface area contributed by atoms with E-state index in [4.69, 9.17) is 10.8 Å². The van der Waals surface area contributed by atoms with Gasteiger partial charge in [-0.1, -0.05) is 63.6 Å². The van der Waals surface area contributed by atoms with Crippen molar-refractivity contribution in [2.75, 3.05) is 0 Å². The first kappa shape index (κ1) is 36.1. The molecule has 0 aromatic heterocycles. The molecule has 2 aliphatic rings. The highest BCUT2D eigenvalue weighted by atomic mass is 79.9. The Morgan fingerprint density at radius 1 is 0.689 bits per heavy atom. The lowest BCUT2D eigenvalue weighted by atomic mass is 9.89. The lowest BCUT2D eigenvalue weighted by Gasteiger charge is -2.31. The first-order chi connectivity index (χ1) is 20.7. The second-order valence-corrected chi connectivity index (χ2v) is 14.0. The minimum Gasteiger partial charge on any atom is -0.443 e. The van der Waals surface area contributed by atoms with Crippen LogP contribution in [0.4, 0.5) is 9.59 Å². The number of likely N-dealkylation sites (tertiary alicyclic amines) is 2. The number of halogens is 2. The zero-order valence-electron chi connectivity index (χ0n) is 26.4. The second kappa shape index (κ2) is 15.3. The Balaban J connectivity index is 0.000000314. The van der Waals surface area contributed by atoms with Gasteiger partial charge in [-0.3, -0.25) is 19.2 Å². The minimum absolute atomic E-state index is 0. The summed E-state index contributed by atoms with van der Waals surface area (Å²) in [6.07, 6.45) is -1.41. The number of hydrogen-bond acceptors (Lipinski definition) is 8. The molecule has 0 bridgehead atoms. The number of hydrogen-bond donors (Lipinski definition) is 0. The summed E-state index contributed by atoms with van der Waals surface area (Å²) in [5.74, 6) is -4.71. The van der Waals surface area contributed by atoms with Crippen molar-refractivity contribution >= 4 is 67.7 Å². The van der Waals surface area contributed by atoms with E-state index in [1.54, 1.807) is 65.8 Å². The number of carbonyl (C=O) groups is 6. The number of piperidine rings is 2. The Hall–Kier alpha value is -3.38. The van der Waals surface area contributed by atoms with E-state index in [0.29, 0.717) is 21.8 Å². The molecule has 0 aliphatic carbocycles. The van der Waals surface area contributed by atoms with Crippen LogP contribution in [-0.2, 0) is 28.7 Å². The summed E-state index contributed by atoms with van der Waals surface area (Å²) < 4.78 is 20.5. The maximum atomic E-state index is 12.7. The fourth-order valence-electron chi connectivity index (χ4n) is 4.40. The van der Waals surface area contributed by atoms with Gasteiger partial charge < -0.3 is 9.47 Å². The first-order valence-electron chi connectivity index (χ1n) is 14.4. The molecule has 2 aromatic rings. The molecule has 2 heterocycles. The van der Waals surface area contributed by atoms with Crippen LogP contribution in [0, 0.1) is 0 Å². The molecule has 45 heavy (non-hydrogen) atoms. The Kier molecular flexibility index (Phi) is 12.2. The molecule has 6 amide bonds. The Bertz CT molecular complexity index is 1480. The normalized spacial score (nSPS) is 20.8. The first-order valence-corrected chi connectivity index (χ1v) is 15.5. The van der Waals surface area contributed by atoms with Crippen molar-refractivity contribution in [1.82, 2.24) is 9.80 Å². The third-order valence-electron chi connectivity index (χ3n) is 6.33. The van der Waals surface area contributed by atoms with Gasteiger partial charge in [0.25, 0.3) is 0 Å². The van der Waals surface area contributed by atoms with E-state index in [1.807, 2.05) is 24.3 Å². The zero-order chi connectivity index (χ0) is 33.9. The molecule has 0 spiro atoms. The molecule has 2 aromatic carbocycles. The molecule has 2 fully saturated rings. The Labute approximate surface area is 282 Å². The summed E-state index contributed by atoms with van der Waals surface area (Å²) in [6.45, 7) is 10.0. The SMILES string of the molecule is C.CC(C)(C)OC(=O)N1C(=O)CCC(c2ccc(Br)cc2)C1=O.[2H]C1(c2ccc(Br)cc2)CCC(=O)N(C(=O)OC(C)(C)C)C1=O. The van der Waals surface area contributed by atoms with Gasteiger partial charge in [-0.15, -0.1) is 0 Å². The van der Waals surface area contributed by atoms with Crippen molar-refractivity contribution in [2.24, 2.45) is 0 Å². The van der Waals surface area contributed by atoms with E-state index < -0.39 is 58.8 Å². The van der Waals surface area contributed by atoms with E-state index in [2.05, 4.69) is 31.9 Å². The number of rotatable bonds is 2. The van der Waals surface area contributed by atoms with E-state index in [0.717, 1.165) is 14.5 Å². The third kappa shape index (κ3) is 10.3. The average Bonchev–Trinajstić information content (AvgIpc) is 2.91. The van der Waals surface area contributed by atoms with Gasteiger partial charge in [0.05, 0.1) is 11.8 Å². The van der Waals surface area contributed by atoms with Gasteiger partial charge in [0.15, 0.2) is 0 Å². The molecular formula is C33H40Br2N2O8. The fraction of sp³-hybridized carbons (Fsp3) is 0.455. The highest BCUT2D eigenvalue weighted by Crippen LogP contribution is 2.32. The van der Waals surface area contributed by atoms with E-state index >= 15 is 0 Å². The third-order valence-corrected chi connectivity index (χ3v) is 7.39. The smallest absolute Gasteiger partial charge is 0.424 e. The molecule has 2 saturated heterocycles. The van der Waals surface area contributed by atoms with Crippen molar-refractivity contribution in [3.05, 3.63) is 68.6 Å². The maximum Gasteiger partial charge on any atom is 0.424 e. The van der Waals surface area contributed by atoms with Crippen LogP contribution in [-0.4, -0.2) is 56.8 Å². The van der Waals surface area contributed by atoms with Crippen molar-refractivity contribution < 1.29 is 39.6 Å². The van der Waals surface area contributed by atoms with Gasteiger partial charge in [-0.05, 0) is 89.8 Å². The lowest BCUT2D eigenvalue weighted by molar-refractivity contribution is -0.149. The van der Waals surface area contributed by atoms with E-state index in [9.17, 15) is 28.8 Å². The van der Waals surface area contributed by atoms with Gasteiger partial charge in [-0.2, -0.15) is 9.80 Å². The second-order valence-electron chi connectivity index (χ2n) is 12.2. The van der Waals surface area contributed by atoms with Crippen LogP contribution < -0.4 is 0 Å². The molecule has 4 rings (SSSR count). The number of benzene rings is 2. The van der Waals surface area contributed by atoms with Gasteiger partial charge in [0, 0.05) is 23.2 Å². The molecule has 0 N–H and O–H groups in total. The van der Waals surface area contributed by atoms with Crippen LogP contribution in [0.15, 0.2) is 57.5 Å². The Morgan fingerprint density at radius 3 is 1.49 bits per heavy atom. The summed E-state index contributed by atoms with van der Waals surface area (Å²) in [6, 6.07) is 14.0. The zero-order valence-corrected chi connectivity index (χ0v) is 28.6. The van der Waals surface area contributed by atoms with Crippen LogP contribution in [0.3, 0.4) is 0 Å². The minimum atomic E-state index is -1.68. The summed E-state index contributed by atoms with van der Waals surface area (Å²) in [5.41, 5.74) is -0.374. The highest BCUT2D eigenvalue weighted by Gasteiger charge is 2.42. The van der Waals surface area contributed by atoms with Crippen molar-refractivity contribution in [3.63, 3.8) is 0 Å². The van der Waals surface area contributed by atoms with Gasteiger partial charge in [-0.25, -0.2) is 9.59 Å². The van der Waals surface area contributed by atoms with Crippen LogP contribution >= 0.6 is 31.9 Å². The lowest BCUT2D eigenvalue weighted by Crippen LogP contribution is -2.49. The number of nitrogens with zero attached hydrogens (tertiary/aromatic N) is 2. The quantitative estimate of drug-likeness (QED) is 0.284. The summed E-state index contributed by atoms with van der Waals surface area (Å²) >= 11 is 6.63. The van der Waals surface area contributed by atoms with E-state index in [1.165, 1.54) is 0 Å².